The molecular weight excluding hydrogens is 438 g/mol. The van der Waals surface area contributed by atoms with Crippen molar-refractivity contribution < 1.29 is 24.2 Å². The van der Waals surface area contributed by atoms with E-state index in [1.54, 1.807) is 24.3 Å². The van der Waals surface area contributed by atoms with E-state index in [-0.39, 0.29) is 19.2 Å². The maximum atomic E-state index is 12.5. The molecule has 0 bridgehead atoms. The van der Waals surface area contributed by atoms with E-state index in [9.17, 15) is 9.59 Å². The molecule has 2 heterocycles. The van der Waals surface area contributed by atoms with Gasteiger partial charge >= 0.3 is 5.97 Å². The topological polar surface area (TPSA) is 152 Å². The summed E-state index contributed by atoms with van der Waals surface area (Å²) < 4.78 is 11.2. The van der Waals surface area contributed by atoms with Crippen molar-refractivity contribution in [2.75, 3.05) is 24.8 Å². The van der Waals surface area contributed by atoms with Crippen LogP contribution in [-0.4, -0.2) is 48.9 Å². The van der Waals surface area contributed by atoms with Gasteiger partial charge in [-0.05, 0) is 55.5 Å². The highest BCUT2D eigenvalue weighted by Crippen LogP contribution is 2.41. The molecule has 0 saturated carbocycles. The van der Waals surface area contributed by atoms with Crippen LogP contribution in [0.2, 0.25) is 0 Å². The average molecular weight is 468 g/mol. The molecule has 4 rings (SSSR count). The van der Waals surface area contributed by atoms with Gasteiger partial charge in [0.25, 0.3) is 5.91 Å². The van der Waals surface area contributed by atoms with E-state index in [0.717, 1.165) is 37.2 Å². The maximum absolute atomic E-state index is 12.5. The van der Waals surface area contributed by atoms with Gasteiger partial charge in [-0.1, -0.05) is 12.1 Å². The van der Waals surface area contributed by atoms with E-state index in [2.05, 4.69) is 15.2 Å². The van der Waals surface area contributed by atoms with Gasteiger partial charge in [0.05, 0.1) is 0 Å². The molecule has 2 aliphatic heterocycles. The summed E-state index contributed by atoms with van der Waals surface area (Å²) in [5.74, 6) is -0.221. The molecule has 34 heavy (non-hydrogen) atoms. The summed E-state index contributed by atoms with van der Waals surface area (Å²) >= 11 is 0. The van der Waals surface area contributed by atoms with Crippen molar-refractivity contribution in [3.63, 3.8) is 0 Å². The van der Waals surface area contributed by atoms with Crippen molar-refractivity contribution >= 4 is 23.5 Å². The minimum Gasteiger partial charge on any atom is -0.480 e. The third-order valence-electron chi connectivity index (χ3n) is 5.96. The zero-order valence-corrected chi connectivity index (χ0v) is 18.8. The van der Waals surface area contributed by atoms with Gasteiger partial charge in [0.1, 0.15) is 6.04 Å². The summed E-state index contributed by atoms with van der Waals surface area (Å²) in [6, 6.07) is 9.42. The van der Waals surface area contributed by atoms with Gasteiger partial charge in [-0.3, -0.25) is 9.59 Å². The zero-order chi connectivity index (χ0) is 24.1. The van der Waals surface area contributed by atoms with Crippen molar-refractivity contribution in [3.05, 3.63) is 53.1 Å². The van der Waals surface area contributed by atoms with Crippen molar-refractivity contribution in [2.45, 2.75) is 38.3 Å². The van der Waals surface area contributed by atoms with Crippen LogP contribution in [0, 0.1) is 0 Å². The number of ether oxygens (including phenoxy) is 2. The fourth-order valence-electron chi connectivity index (χ4n) is 4.14. The molecule has 1 fully saturated rings. The highest BCUT2D eigenvalue weighted by molar-refractivity contribution is 6.02. The van der Waals surface area contributed by atoms with Crippen LogP contribution in [0.4, 0.5) is 5.69 Å². The number of fused-ring (bicyclic) bond motifs is 1. The molecule has 1 atom stereocenters. The third kappa shape index (κ3) is 5.40. The van der Waals surface area contributed by atoms with Gasteiger partial charge in [-0.2, -0.15) is 4.99 Å². The Kier molecular flexibility index (Phi) is 7.17. The number of nitrogens with two attached hydrogens (primary N) is 2. The number of nitrogens with one attached hydrogen (secondary N) is 1. The molecule has 0 aliphatic carbocycles. The molecule has 10 heteroatoms. The number of aliphatic carboxylic acids is 1. The van der Waals surface area contributed by atoms with Crippen LogP contribution in [0.1, 0.15) is 40.7 Å². The Labute approximate surface area is 197 Å². The molecule has 2 aromatic rings. The Morgan fingerprint density at radius 3 is 2.53 bits per heavy atom. The molecular formula is C24H29N5O5. The van der Waals surface area contributed by atoms with Gasteiger partial charge in [0.15, 0.2) is 17.5 Å². The second-order valence-electron chi connectivity index (χ2n) is 8.35. The summed E-state index contributed by atoms with van der Waals surface area (Å²) in [4.78, 5) is 29.7. The number of rotatable bonds is 7. The minimum atomic E-state index is -1.08. The number of guanidine groups is 1. The number of nitrogens with zero attached hydrogens (tertiary/aromatic N) is 2. The fraction of sp³-hybridized carbons (Fsp3) is 0.375. The minimum absolute atomic E-state index is 0.0110. The first-order valence-electron chi connectivity index (χ1n) is 11.3. The number of aliphatic imine (C=N–C) groups is 1. The Hall–Kier alpha value is -3.79. The second-order valence-corrected chi connectivity index (χ2v) is 8.35. The molecule has 2 aliphatic rings. The van der Waals surface area contributed by atoms with Crippen LogP contribution in [-0.2, 0) is 17.8 Å². The Bertz CT molecular complexity index is 1080. The van der Waals surface area contributed by atoms with E-state index >= 15 is 0 Å². The molecule has 6 N–H and O–H groups in total. The van der Waals surface area contributed by atoms with Crippen LogP contribution in [0.5, 0.6) is 11.5 Å². The van der Waals surface area contributed by atoms with Crippen molar-refractivity contribution in [3.8, 4) is 11.5 Å². The molecule has 1 saturated heterocycles. The Morgan fingerprint density at radius 1 is 1.09 bits per heavy atom. The van der Waals surface area contributed by atoms with Crippen molar-refractivity contribution in [1.82, 2.24) is 5.32 Å². The lowest BCUT2D eigenvalue weighted by Crippen LogP contribution is -2.34. The second kappa shape index (κ2) is 10.4. The third-order valence-corrected chi connectivity index (χ3v) is 5.96. The van der Waals surface area contributed by atoms with Gasteiger partial charge < -0.3 is 36.3 Å². The Morgan fingerprint density at radius 2 is 1.82 bits per heavy atom. The number of carbonyl (C=O) groups is 2. The predicted molar refractivity (Wildman–Crippen MR) is 127 cm³/mol. The summed E-state index contributed by atoms with van der Waals surface area (Å²) in [5.41, 5.74) is 14.6. The van der Waals surface area contributed by atoms with Crippen LogP contribution < -0.4 is 31.2 Å². The Balaban J connectivity index is 1.44. The van der Waals surface area contributed by atoms with Gasteiger partial charge in [-0.25, -0.2) is 0 Å². The van der Waals surface area contributed by atoms with Crippen LogP contribution in [0.25, 0.3) is 0 Å². The lowest BCUT2D eigenvalue weighted by Gasteiger charge is -2.31. The first-order chi connectivity index (χ1) is 16.4. The van der Waals surface area contributed by atoms with Crippen LogP contribution in [0.15, 0.2) is 41.4 Å². The van der Waals surface area contributed by atoms with Gasteiger partial charge in [0.2, 0.25) is 6.79 Å². The fourth-order valence-corrected chi connectivity index (χ4v) is 4.14. The smallest absolute Gasteiger partial charge is 0.320 e. The average Bonchev–Trinajstić information content (AvgIpc) is 3.32. The predicted octanol–water partition coefficient (Wildman–Crippen LogP) is 1.60. The highest BCUT2D eigenvalue weighted by Gasteiger charge is 2.24. The number of carboxylic acid groups (broad SMARTS) is 1. The van der Waals surface area contributed by atoms with E-state index < -0.39 is 17.9 Å². The van der Waals surface area contributed by atoms with Crippen molar-refractivity contribution in [1.29, 1.82) is 0 Å². The van der Waals surface area contributed by atoms with E-state index in [0.29, 0.717) is 29.2 Å². The molecule has 0 aromatic heterocycles. The van der Waals surface area contributed by atoms with Crippen LogP contribution >= 0.6 is 0 Å². The van der Waals surface area contributed by atoms with Crippen LogP contribution in [0.3, 0.4) is 0 Å². The number of carboxylic acids is 1. The molecule has 0 unspecified atom stereocenters. The monoisotopic (exact) mass is 467 g/mol. The summed E-state index contributed by atoms with van der Waals surface area (Å²) in [6.07, 6.45) is 3.67. The first-order valence-corrected chi connectivity index (χ1v) is 11.3. The molecule has 2 aromatic carbocycles. The quantitative estimate of drug-likeness (QED) is 0.351. The number of benzene rings is 2. The summed E-state index contributed by atoms with van der Waals surface area (Å²) in [7, 11) is 0. The largest absolute Gasteiger partial charge is 0.480 e. The SMILES string of the molecule is N/C(=N\C(=O)c1ccc(C[C@H](N)C(=O)O)cc1)NCc1c(N2CCCCC2)ccc2c1OCO2. The lowest BCUT2D eigenvalue weighted by atomic mass is 10.0. The number of anilines is 1. The number of piperidine rings is 1. The zero-order valence-electron chi connectivity index (χ0n) is 18.8. The molecule has 180 valence electrons. The molecule has 0 radical (unpaired) electrons. The van der Waals surface area contributed by atoms with E-state index in [1.165, 1.54) is 6.42 Å². The summed E-state index contributed by atoms with van der Waals surface area (Å²) in [6.45, 7) is 2.44. The maximum Gasteiger partial charge on any atom is 0.320 e. The number of carbonyl (C=O) groups excluding carboxylic acids is 1. The number of hydrogen-bond acceptors (Lipinski definition) is 6. The normalized spacial score (nSPS) is 16.3. The van der Waals surface area contributed by atoms with E-state index in [4.69, 9.17) is 26.0 Å². The summed E-state index contributed by atoms with van der Waals surface area (Å²) in [5, 5.41) is 11.9. The van der Waals surface area contributed by atoms with Gasteiger partial charge in [0, 0.05) is 36.4 Å². The molecule has 0 spiro atoms. The van der Waals surface area contributed by atoms with E-state index in [1.807, 2.05) is 12.1 Å². The highest BCUT2D eigenvalue weighted by atomic mass is 16.7. The van der Waals surface area contributed by atoms with Crippen molar-refractivity contribution in [2.24, 2.45) is 16.5 Å². The number of hydrogen-bond donors (Lipinski definition) is 4. The number of amides is 1. The lowest BCUT2D eigenvalue weighted by molar-refractivity contribution is -0.138. The first kappa shape index (κ1) is 23.4. The molecule has 1 amide bonds. The molecule has 10 nitrogen and oxygen atoms in total. The van der Waals surface area contributed by atoms with Gasteiger partial charge in [-0.15, -0.1) is 0 Å². The standard InChI is InChI=1S/C24H29N5O5/c25-18(23(31)32)12-15-4-6-16(7-5-15)22(30)28-24(26)27-13-17-19(29-10-2-1-3-11-29)8-9-20-21(17)34-14-33-20/h4-9,18H,1-3,10-14,25H2,(H,31,32)(H3,26,27,28,30)/t18-/m0/s1.